The Balaban J connectivity index is 2.86. The van der Waals surface area contributed by atoms with Crippen molar-refractivity contribution in [1.29, 1.82) is 0 Å². The van der Waals surface area contributed by atoms with Gasteiger partial charge in [0.05, 0.1) is 0 Å². The monoisotopic (exact) mass is 198 g/mol. The SMILES string of the molecule is CCC(Cl)CCCBr. The number of halogens is 2. The summed E-state index contributed by atoms with van der Waals surface area (Å²) in [6.45, 7) is 2.12. The Morgan fingerprint density at radius 1 is 1.62 bits per heavy atom. The third kappa shape index (κ3) is 4.92. The molecule has 0 saturated heterocycles. The molecule has 0 rings (SSSR count). The first-order valence-electron chi connectivity index (χ1n) is 3.01. The number of alkyl halides is 2. The predicted molar refractivity (Wildman–Crippen MR) is 43.0 cm³/mol. The summed E-state index contributed by atoms with van der Waals surface area (Å²) in [4.78, 5) is 0. The highest BCUT2D eigenvalue weighted by atomic mass is 79.9. The van der Waals surface area contributed by atoms with Gasteiger partial charge in [-0.1, -0.05) is 22.9 Å². The quantitative estimate of drug-likeness (QED) is 0.610. The second-order valence-corrected chi connectivity index (χ2v) is 3.25. The minimum absolute atomic E-state index is 0.396. The van der Waals surface area contributed by atoms with Crippen LogP contribution in [0.15, 0.2) is 0 Å². The van der Waals surface area contributed by atoms with Crippen LogP contribution >= 0.6 is 27.5 Å². The Bertz CT molecular complexity index is 47.8. The molecule has 0 N–H and O–H groups in total. The van der Waals surface area contributed by atoms with Crippen molar-refractivity contribution in [2.45, 2.75) is 31.6 Å². The summed E-state index contributed by atoms with van der Waals surface area (Å²) in [5.41, 5.74) is 0. The molecular weight excluding hydrogens is 187 g/mol. The van der Waals surface area contributed by atoms with Crippen molar-refractivity contribution in [3.63, 3.8) is 0 Å². The number of rotatable bonds is 4. The van der Waals surface area contributed by atoms with Gasteiger partial charge >= 0.3 is 0 Å². The lowest BCUT2D eigenvalue weighted by Crippen LogP contribution is -1.94. The van der Waals surface area contributed by atoms with Crippen molar-refractivity contribution in [1.82, 2.24) is 0 Å². The lowest BCUT2D eigenvalue weighted by atomic mass is 10.2. The van der Waals surface area contributed by atoms with Gasteiger partial charge in [-0.2, -0.15) is 0 Å². The normalized spacial score (nSPS) is 13.9. The Hall–Kier alpha value is 0.770. The van der Waals surface area contributed by atoms with Gasteiger partial charge in [-0.15, -0.1) is 11.6 Å². The van der Waals surface area contributed by atoms with Crippen LogP contribution in [0.5, 0.6) is 0 Å². The van der Waals surface area contributed by atoms with E-state index in [0.717, 1.165) is 18.2 Å². The Morgan fingerprint density at radius 3 is 2.62 bits per heavy atom. The highest BCUT2D eigenvalue weighted by Crippen LogP contribution is 2.09. The van der Waals surface area contributed by atoms with E-state index in [1.807, 2.05) is 0 Å². The van der Waals surface area contributed by atoms with Crippen LogP contribution in [0, 0.1) is 0 Å². The van der Waals surface area contributed by atoms with Gasteiger partial charge in [0.2, 0.25) is 0 Å². The maximum absolute atomic E-state index is 5.82. The molecule has 0 aromatic heterocycles. The van der Waals surface area contributed by atoms with Gasteiger partial charge in [-0.3, -0.25) is 0 Å². The molecule has 0 radical (unpaired) electrons. The molecule has 50 valence electrons. The first-order chi connectivity index (χ1) is 3.81. The Labute approximate surface area is 64.7 Å². The van der Waals surface area contributed by atoms with E-state index in [2.05, 4.69) is 22.9 Å². The highest BCUT2D eigenvalue weighted by Gasteiger charge is 1.97. The van der Waals surface area contributed by atoms with Crippen molar-refractivity contribution in [3.05, 3.63) is 0 Å². The molecule has 8 heavy (non-hydrogen) atoms. The summed E-state index contributed by atoms with van der Waals surface area (Å²) in [5.74, 6) is 0. The van der Waals surface area contributed by atoms with Crippen LogP contribution < -0.4 is 0 Å². The molecule has 0 aromatic carbocycles. The smallest absolute Gasteiger partial charge is 0.0333 e. The third-order valence-electron chi connectivity index (χ3n) is 1.09. The number of hydrogen-bond acceptors (Lipinski definition) is 0. The average molecular weight is 200 g/mol. The van der Waals surface area contributed by atoms with Crippen LogP contribution in [0.2, 0.25) is 0 Å². The zero-order valence-corrected chi connectivity index (χ0v) is 7.50. The van der Waals surface area contributed by atoms with Crippen molar-refractivity contribution in [3.8, 4) is 0 Å². The second kappa shape index (κ2) is 5.90. The largest absolute Gasteiger partial charge is 0.123 e. The molecule has 0 aliphatic carbocycles. The lowest BCUT2D eigenvalue weighted by Gasteiger charge is -2.01. The maximum Gasteiger partial charge on any atom is 0.0333 e. The van der Waals surface area contributed by atoms with E-state index in [1.165, 1.54) is 6.42 Å². The summed E-state index contributed by atoms with van der Waals surface area (Å²) in [6.07, 6.45) is 3.43. The second-order valence-electron chi connectivity index (χ2n) is 1.84. The van der Waals surface area contributed by atoms with Crippen LogP contribution in [0.4, 0.5) is 0 Å². The molecule has 0 fully saturated rings. The van der Waals surface area contributed by atoms with Crippen molar-refractivity contribution >= 4 is 27.5 Å². The molecule has 0 spiro atoms. The summed E-state index contributed by atoms with van der Waals surface area (Å²) in [7, 11) is 0. The van der Waals surface area contributed by atoms with Crippen molar-refractivity contribution in [2.24, 2.45) is 0 Å². The van der Waals surface area contributed by atoms with Crippen molar-refractivity contribution < 1.29 is 0 Å². The van der Waals surface area contributed by atoms with Crippen LogP contribution in [-0.2, 0) is 0 Å². The fourth-order valence-corrected chi connectivity index (χ4v) is 0.981. The van der Waals surface area contributed by atoms with Crippen LogP contribution in [0.1, 0.15) is 26.2 Å². The van der Waals surface area contributed by atoms with Gasteiger partial charge in [0.15, 0.2) is 0 Å². The first kappa shape index (κ1) is 8.77. The molecule has 0 aliphatic heterocycles. The molecule has 0 aromatic rings. The predicted octanol–water partition coefficient (Wildman–Crippen LogP) is 3.18. The molecule has 0 saturated carbocycles. The van der Waals surface area contributed by atoms with Crippen molar-refractivity contribution in [2.75, 3.05) is 5.33 Å². The summed E-state index contributed by atoms with van der Waals surface area (Å²) in [5, 5.41) is 1.48. The third-order valence-corrected chi connectivity index (χ3v) is 2.18. The minimum Gasteiger partial charge on any atom is -0.123 e. The lowest BCUT2D eigenvalue weighted by molar-refractivity contribution is 0.717. The zero-order valence-electron chi connectivity index (χ0n) is 5.16. The summed E-state index contributed by atoms with van der Waals surface area (Å²) < 4.78 is 0. The van der Waals surface area contributed by atoms with Crippen LogP contribution in [0.3, 0.4) is 0 Å². The van der Waals surface area contributed by atoms with Gasteiger partial charge < -0.3 is 0 Å². The minimum atomic E-state index is 0.396. The highest BCUT2D eigenvalue weighted by molar-refractivity contribution is 9.09. The fraction of sp³-hybridized carbons (Fsp3) is 1.00. The molecular formula is C6H12BrCl. The Morgan fingerprint density at radius 2 is 2.25 bits per heavy atom. The average Bonchev–Trinajstić information content (AvgIpc) is 1.83. The van der Waals surface area contributed by atoms with E-state index in [0.29, 0.717) is 5.38 Å². The molecule has 1 unspecified atom stereocenters. The van der Waals surface area contributed by atoms with E-state index in [1.54, 1.807) is 0 Å². The molecule has 0 aliphatic rings. The molecule has 0 nitrogen and oxygen atoms in total. The van der Waals surface area contributed by atoms with Gasteiger partial charge in [0.25, 0.3) is 0 Å². The molecule has 0 heterocycles. The van der Waals surface area contributed by atoms with Gasteiger partial charge in [-0.05, 0) is 19.3 Å². The summed E-state index contributed by atoms with van der Waals surface area (Å²) in [6, 6.07) is 0. The standard InChI is InChI=1S/C6H12BrCl/c1-2-6(8)4-3-5-7/h6H,2-5H2,1H3. The first-order valence-corrected chi connectivity index (χ1v) is 4.57. The molecule has 1 atom stereocenters. The van der Waals surface area contributed by atoms with Crippen LogP contribution in [0.25, 0.3) is 0 Å². The topological polar surface area (TPSA) is 0 Å². The van der Waals surface area contributed by atoms with Crippen LogP contribution in [-0.4, -0.2) is 10.7 Å². The van der Waals surface area contributed by atoms with E-state index in [9.17, 15) is 0 Å². The van der Waals surface area contributed by atoms with E-state index in [4.69, 9.17) is 11.6 Å². The zero-order chi connectivity index (χ0) is 6.41. The molecule has 0 bridgehead atoms. The van der Waals surface area contributed by atoms with E-state index in [-0.39, 0.29) is 0 Å². The summed E-state index contributed by atoms with van der Waals surface area (Å²) >= 11 is 9.17. The molecule has 2 heteroatoms. The van der Waals surface area contributed by atoms with E-state index >= 15 is 0 Å². The van der Waals surface area contributed by atoms with Gasteiger partial charge in [0.1, 0.15) is 0 Å². The van der Waals surface area contributed by atoms with E-state index < -0.39 is 0 Å². The van der Waals surface area contributed by atoms with Gasteiger partial charge in [-0.25, -0.2) is 0 Å². The molecule has 0 amide bonds. The Kier molecular flexibility index (Phi) is 6.47. The number of hydrogen-bond donors (Lipinski definition) is 0. The maximum atomic E-state index is 5.82. The fourth-order valence-electron chi connectivity index (χ4n) is 0.503. The van der Waals surface area contributed by atoms with Gasteiger partial charge in [0, 0.05) is 10.7 Å².